The van der Waals surface area contributed by atoms with Crippen molar-refractivity contribution < 1.29 is 37.8 Å². The van der Waals surface area contributed by atoms with Crippen LogP contribution in [0.3, 0.4) is 0 Å². The van der Waals surface area contributed by atoms with E-state index in [2.05, 4.69) is 33.9 Å². The van der Waals surface area contributed by atoms with Crippen molar-refractivity contribution in [3.8, 4) is 0 Å². The van der Waals surface area contributed by atoms with Crippen LogP contribution in [0.5, 0.6) is 0 Å². The molecule has 5 atom stereocenters. The Hall–Kier alpha value is -4.55. The molecule has 270 valence electrons. The molecule has 3 unspecified atom stereocenters. The van der Waals surface area contributed by atoms with Crippen LogP contribution < -0.4 is 0 Å². The molecule has 0 aromatic heterocycles. The first-order chi connectivity index (χ1) is 24.7. The van der Waals surface area contributed by atoms with Crippen molar-refractivity contribution in [3.05, 3.63) is 137 Å². The number of carbonyl (C=O) groups excluding carboxylic acids is 4. The van der Waals surface area contributed by atoms with Gasteiger partial charge in [-0.25, -0.2) is 9.59 Å². The molecule has 0 spiro atoms. The number of esters is 2. The number of amides is 2. The highest BCUT2D eigenvalue weighted by molar-refractivity contribution is 7.99. The number of hydrogen-bond acceptors (Lipinski definition) is 9. The number of imide groups is 1. The fourth-order valence-electron chi connectivity index (χ4n) is 6.00. The molecule has 4 aromatic rings. The topological polar surface area (TPSA) is 108 Å². The van der Waals surface area contributed by atoms with Crippen LogP contribution in [0.15, 0.2) is 114 Å². The first kappa shape index (κ1) is 37.2. The summed E-state index contributed by atoms with van der Waals surface area (Å²) >= 11 is 1.29. The second-order valence-corrected chi connectivity index (χ2v) is 20.5. The molecular weight excluding hydrogens is 695 g/mol. The molecule has 1 fully saturated rings. The Balaban J connectivity index is 1.49. The van der Waals surface area contributed by atoms with E-state index in [-0.39, 0.29) is 28.3 Å². The van der Waals surface area contributed by atoms with Crippen LogP contribution in [0.1, 0.15) is 67.8 Å². The van der Waals surface area contributed by atoms with Gasteiger partial charge in [0, 0.05) is 4.90 Å². The van der Waals surface area contributed by atoms with Crippen molar-refractivity contribution in [2.24, 2.45) is 0 Å². The van der Waals surface area contributed by atoms with E-state index >= 15 is 0 Å². The van der Waals surface area contributed by atoms with Crippen LogP contribution >= 0.6 is 11.8 Å². The maximum absolute atomic E-state index is 14.3. The highest BCUT2D eigenvalue weighted by atomic mass is 32.2. The lowest BCUT2D eigenvalue weighted by Crippen LogP contribution is -2.68. The van der Waals surface area contributed by atoms with E-state index in [0.717, 1.165) is 15.4 Å². The van der Waals surface area contributed by atoms with E-state index in [1.807, 2.05) is 37.3 Å². The molecule has 0 aliphatic carbocycles. The molecule has 4 aromatic carbocycles. The van der Waals surface area contributed by atoms with Crippen LogP contribution in [-0.2, 0) is 18.6 Å². The van der Waals surface area contributed by atoms with Crippen LogP contribution in [0, 0.1) is 6.92 Å². The van der Waals surface area contributed by atoms with Crippen molar-refractivity contribution in [2.45, 2.75) is 80.5 Å². The Labute approximate surface area is 309 Å². The lowest BCUT2D eigenvalue weighted by Gasteiger charge is -2.51. The molecule has 52 heavy (non-hydrogen) atoms. The summed E-state index contributed by atoms with van der Waals surface area (Å²) in [5, 5.41) is -0.301. The quantitative estimate of drug-likeness (QED) is 0.0911. The third-order valence-corrected chi connectivity index (χ3v) is 15.5. The number of fused-ring (bicyclic) bond motifs is 1. The summed E-state index contributed by atoms with van der Waals surface area (Å²) in [6.45, 7) is 12.1. The maximum Gasteiger partial charge on any atom is 0.338 e. The molecule has 2 heterocycles. The molecule has 0 bridgehead atoms. The van der Waals surface area contributed by atoms with Gasteiger partial charge in [0.25, 0.3) is 11.8 Å². The van der Waals surface area contributed by atoms with Gasteiger partial charge in [0.05, 0.1) is 22.3 Å². The van der Waals surface area contributed by atoms with E-state index in [1.54, 1.807) is 78.9 Å². The lowest BCUT2D eigenvalue weighted by molar-refractivity contribution is -0.178. The van der Waals surface area contributed by atoms with E-state index in [0.29, 0.717) is 5.56 Å². The largest absolute Gasteiger partial charge is 0.459 e. The minimum absolute atomic E-state index is 0.244. The second-order valence-electron chi connectivity index (χ2n) is 14.5. The molecular formula is C41H43NO8SSi. The summed E-state index contributed by atoms with van der Waals surface area (Å²) in [5.74, 6) is -2.26. The summed E-state index contributed by atoms with van der Waals surface area (Å²) in [5.41, 5.74) is 1.24. The molecule has 1 saturated heterocycles. The summed E-state index contributed by atoms with van der Waals surface area (Å²) in [6, 6.07) is 30.4. The van der Waals surface area contributed by atoms with Crippen molar-refractivity contribution >= 4 is 43.8 Å². The molecule has 11 heteroatoms. The van der Waals surface area contributed by atoms with Gasteiger partial charge in [-0.3, -0.25) is 14.5 Å². The second kappa shape index (κ2) is 15.2. The number of benzene rings is 4. The first-order valence-electron chi connectivity index (χ1n) is 17.3. The van der Waals surface area contributed by atoms with Crippen molar-refractivity contribution in [2.75, 3.05) is 6.61 Å². The van der Waals surface area contributed by atoms with Gasteiger partial charge in [0.1, 0.15) is 30.3 Å². The summed E-state index contributed by atoms with van der Waals surface area (Å²) in [7, 11) is -2.70. The Morgan fingerprint density at radius 1 is 0.750 bits per heavy atom. The van der Waals surface area contributed by atoms with E-state index in [1.165, 1.54) is 11.8 Å². The molecule has 0 saturated carbocycles. The molecule has 2 aliphatic rings. The van der Waals surface area contributed by atoms with Gasteiger partial charge in [0.2, 0.25) is 0 Å². The van der Waals surface area contributed by atoms with E-state index in [9.17, 15) is 19.2 Å². The van der Waals surface area contributed by atoms with Crippen LogP contribution in [0.4, 0.5) is 0 Å². The number of carbonyl (C=O) groups is 4. The number of hydrogen-bond donors (Lipinski definition) is 0. The Morgan fingerprint density at radius 3 is 1.81 bits per heavy atom. The zero-order valence-electron chi connectivity index (χ0n) is 30.1. The van der Waals surface area contributed by atoms with E-state index < -0.39 is 61.9 Å². The smallest absolute Gasteiger partial charge is 0.338 e. The number of aryl methyl sites for hydroxylation is 1. The predicted molar refractivity (Wildman–Crippen MR) is 201 cm³/mol. The molecule has 0 radical (unpaired) electrons. The maximum atomic E-state index is 14.3. The van der Waals surface area contributed by atoms with E-state index in [4.69, 9.17) is 18.6 Å². The van der Waals surface area contributed by atoms with Gasteiger partial charge in [-0.15, -0.1) is 0 Å². The highest BCUT2D eigenvalue weighted by Crippen LogP contribution is 2.44. The van der Waals surface area contributed by atoms with Gasteiger partial charge in [0.15, 0.2) is 14.4 Å². The predicted octanol–water partition coefficient (Wildman–Crippen LogP) is 7.95. The van der Waals surface area contributed by atoms with Crippen molar-refractivity contribution in [1.82, 2.24) is 4.90 Å². The number of rotatable bonds is 10. The Morgan fingerprint density at radius 2 is 1.27 bits per heavy atom. The molecule has 0 N–H and O–H groups in total. The molecule has 9 nitrogen and oxygen atoms in total. The standard InChI is InChI=1S/C41H43NO8SSi/c1-26-21-23-29(24-22-26)51-40-33(42-36(43)30-19-13-14-20-31(30)37(42)44)35(49-39(46)28-17-11-8-12-18-28)34(50-52(5,6)41(2,3)4)32(48-40)25-47-38(45)27-15-9-7-10-16-27/h7-24,32-35,40H,25H2,1-6H3/t32?,33-,34?,35+,40?/m0/s1. The van der Waals surface area contributed by atoms with Crippen molar-refractivity contribution in [3.63, 3.8) is 0 Å². The number of thioether (sulfide) groups is 1. The van der Waals surface area contributed by atoms with Gasteiger partial charge in [-0.1, -0.05) is 98.8 Å². The lowest BCUT2D eigenvalue weighted by atomic mass is 9.96. The zero-order valence-corrected chi connectivity index (χ0v) is 31.9. The van der Waals surface area contributed by atoms with Crippen molar-refractivity contribution in [1.29, 1.82) is 0 Å². The van der Waals surface area contributed by atoms with Crippen LogP contribution in [0.2, 0.25) is 18.1 Å². The van der Waals surface area contributed by atoms with Gasteiger partial charge in [-0.2, -0.15) is 0 Å². The third kappa shape index (κ3) is 7.78. The average Bonchev–Trinajstić information content (AvgIpc) is 3.38. The van der Waals surface area contributed by atoms with Crippen LogP contribution in [0.25, 0.3) is 0 Å². The van der Waals surface area contributed by atoms with Gasteiger partial charge >= 0.3 is 11.9 Å². The Bertz CT molecular complexity index is 1890. The Kier molecular flexibility index (Phi) is 10.9. The number of ether oxygens (including phenoxy) is 3. The molecule has 2 aliphatic heterocycles. The fraction of sp³-hybridized carbons (Fsp3) is 0.317. The number of nitrogens with zero attached hydrogens (tertiary/aromatic N) is 1. The molecule has 6 rings (SSSR count). The zero-order chi connectivity index (χ0) is 37.2. The monoisotopic (exact) mass is 737 g/mol. The molecule has 2 amide bonds. The minimum atomic E-state index is -2.70. The van der Waals surface area contributed by atoms with Gasteiger partial charge < -0.3 is 18.6 Å². The van der Waals surface area contributed by atoms with Crippen LogP contribution in [-0.4, -0.2) is 73.4 Å². The first-order valence-corrected chi connectivity index (χ1v) is 21.1. The minimum Gasteiger partial charge on any atom is -0.459 e. The summed E-state index contributed by atoms with van der Waals surface area (Å²) in [4.78, 5) is 57.8. The summed E-state index contributed by atoms with van der Waals surface area (Å²) in [6.07, 6.45) is -3.22. The third-order valence-electron chi connectivity index (χ3n) is 9.89. The normalized spacial score (nSPS) is 21.8. The SMILES string of the molecule is Cc1ccc(SC2OC(COC(=O)c3ccccc3)C(O[Si](C)(C)C(C)(C)C)[C@H](OC(=O)c3ccccc3)[C@@H]2N2C(=O)c3ccccc3C2=O)cc1. The van der Waals surface area contributed by atoms with Gasteiger partial charge in [-0.05, 0) is 73.6 Å². The average molecular weight is 738 g/mol. The summed E-state index contributed by atoms with van der Waals surface area (Å²) < 4.78 is 26.3. The fourth-order valence-corrected chi connectivity index (χ4v) is 8.49. The highest BCUT2D eigenvalue weighted by Gasteiger charge is 2.58.